The Balaban J connectivity index is 2.46. The smallest absolute Gasteiger partial charge is 0.185 e. The summed E-state index contributed by atoms with van der Waals surface area (Å²) in [4.78, 5) is 0. The van der Waals surface area contributed by atoms with Gasteiger partial charge in [-0.2, -0.15) is 0 Å². The molecule has 0 amide bonds. The summed E-state index contributed by atoms with van der Waals surface area (Å²) in [5.41, 5.74) is 11.2. The van der Waals surface area contributed by atoms with Gasteiger partial charge < -0.3 is 26.0 Å². The second kappa shape index (κ2) is 4.15. The van der Waals surface area contributed by atoms with Crippen LogP contribution in [0.5, 0.6) is 0 Å². The molecule has 1 unspecified atom stereocenters. The second-order valence-corrected chi connectivity index (χ2v) is 2.89. The minimum Gasteiger partial charge on any atom is -0.386 e. The first-order valence-electron chi connectivity index (χ1n) is 4.09. The fourth-order valence-electron chi connectivity index (χ4n) is 1.16. The van der Waals surface area contributed by atoms with Crippen molar-refractivity contribution in [2.24, 2.45) is 11.5 Å². The Kier molecular flexibility index (Phi) is 3.42. The van der Waals surface area contributed by atoms with E-state index in [1.165, 1.54) is 0 Å². The highest BCUT2D eigenvalue weighted by molar-refractivity contribution is 4.88. The first kappa shape index (κ1) is 9.88. The van der Waals surface area contributed by atoms with E-state index in [0.717, 1.165) is 0 Å². The number of hydrogen-bond donors (Lipinski definition) is 3. The second-order valence-electron chi connectivity index (χ2n) is 2.89. The number of aliphatic hydroxyl groups is 1. The maximum absolute atomic E-state index is 9.48. The number of nitrogens with two attached hydrogens (primary N) is 2. The summed E-state index contributed by atoms with van der Waals surface area (Å²) >= 11 is 0. The maximum atomic E-state index is 9.48. The van der Waals surface area contributed by atoms with Crippen molar-refractivity contribution in [3.05, 3.63) is 0 Å². The predicted molar refractivity (Wildman–Crippen MR) is 43.3 cm³/mol. The van der Waals surface area contributed by atoms with Gasteiger partial charge in [0.15, 0.2) is 6.29 Å². The van der Waals surface area contributed by atoms with Gasteiger partial charge >= 0.3 is 0 Å². The fraction of sp³-hybridized carbons (Fsp3) is 1.00. The third-order valence-corrected chi connectivity index (χ3v) is 1.95. The van der Waals surface area contributed by atoms with Gasteiger partial charge in [0.1, 0.15) is 6.10 Å². The standard InChI is InChI=1S/C7H16N2O3/c1-2-11-7-6(10)5(9)4(8)3-12-7/h4-7,10H,2-3,8-9H2,1H3/t4-,5+,6-,7?/m0/s1. The summed E-state index contributed by atoms with van der Waals surface area (Å²) in [7, 11) is 0. The summed E-state index contributed by atoms with van der Waals surface area (Å²) < 4.78 is 10.2. The van der Waals surface area contributed by atoms with Crippen molar-refractivity contribution in [2.75, 3.05) is 13.2 Å². The molecule has 0 spiro atoms. The molecule has 5 N–H and O–H groups in total. The zero-order chi connectivity index (χ0) is 9.14. The van der Waals surface area contributed by atoms with E-state index in [0.29, 0.717) is 13.2 Å². The highest BCUT2D eigenvalue weighted by atomic mass is 16.7. The third kappa shape index (κ3) is 1.94. The quantitative estimate of drug-likeness (QED) is 0.471. The van der Waals surface area contributed by atoms with Crippen LogP contribution in [0.2, 0.25) is 0 Å². The molecule has 0 aliphatic carbocycles. The highest BCUT2D eigenvalue weighted by Crippen LogP contribution is 2.13. The Hall–Kier alpha value is -0.200. The summed E-state index contributed by atoms with van der Waals surface area (Å²) in [5.74, 6) is 0. The Morgan fingerprint density at radius 3 is 2.83 bits per heavy atom. The van der Waals surface area contributed by atoms with Gasteiger partial charge in [0.05, 0.1) is 12.6 Å². The van der Waals surface area contributed by atoms with Crippen LogP contribution in [0.3, 0.4) is 0 Å². The van der Waals surface area contributed by atoms with Gasteiger partial charge in [0, 0.05) is 12.6 Å². The summed E-state index contributed by atoms with van der Waals surface area (Å²) in [6.07, 6.45) is -1.45. The number of rotatable bonds is 2. The lowest BCUT2D eigenvalue weighted by atomic mass is 10.0. The first-order valence-corrected chi connectivity index (χ1v) is 4.09. The Labute approximate surface area is 71.6 Å². The van der Waals surface area contributed by atoms with Crippen molar-refractivity contribution in [3.63, 3.8) is 0 Å². The minimum absolute atomic E-state index is 0.309. The molecule has 0 radical (unpaired) electrons. The number of ether oxygens (including phenoxy) is 2. The molecule has 1 aliphatic rings. The van der Waals surface area contributed by atoms with Crippen LogP contribution in [0.25, 0.3) is 0 Å². The molecule has 0 aromatic carbocycles. The van der Waals surface area contributed by atoms with Gasteiger partial charge in [-0.25, -0.2) is 0 Å². The molecule has 5 nitrogen and oxygen atoms in total. The van der Waals surface area contributed by atoms with Gasteiger partial charge in [-0.05, 0) is 6.92 Å². The molecule has 1 aliphatic heterocycles. The van der Waals surface area contributed by atoms with E-state index in [9.17, 15) is 5.11 Å². The van der Waals surface area contributed by atoms with Crippen molar-refractivity contribution in [1.82, 2.24) is 0 Å². The molecule has 1 rings (SSSR count). The normalized spacial score (nSPS) is 43.0. The summed E-state index contributed by atoms with van der Waals surface area (Å²) in [6.45, 7) is 2.66. The zero-order valence-corrected chi connectivity index (χ0v) is 7.14. The van der Waals surface area contributed by atoms with Crippen molar-refractivity contribution in [1.29, 1.82) is 0 Å². The summed E-state index contributed by atoms with van der Waals surface area (Å²) in [6, 6.07) is -0.771. The molecule has 12 heavy (non-hydrogen) atoms. The summed E-state index contributed by atoms with van der Waals surface area (Å²) in [5, 5.41) is 9.48. The molecular formula is C7H16N2O3. The van der Waals surface area contributed by atoms with E-state index < -0.39 is 18.4 Å². The molecule has 0 bridgehead atoms. The minimum atomic E-state index is -0.825. The molecule has 1 saturated heterocycles. The van der Waals surface area contributed by atoms with E-state index in [1.54, 1.807) is 0 Å². The van der Waals surface area contributed by atoms with Gasteiger partial charge in [-0.15, -0.1) is 0 Å². The molecule has 72 valence electrons. The zero-order valence-electron chi connectivity index (χ0n) is 7.14. The average Bonchev–Trinajstić information content (AvgIpc) is 2.07. The van der Waals surface area contributed by atoms with Gasteiger partial charge in [0.25, 0.3) is 0 Å². The van der Waals surface area contributed by atoms with Gasteiger partial charge in [-0.3, -0.25) is 0 Å². The Bertz CT molecular complexity index is 145. The first-order chi connectivity index (χ1) is 5.66. The molecule has 4 atom stereocenters. The van der Waals surface area contributed by atoms with Crippen LogP contribution in [0.1, 0.15) is 6.92 Å². The van der Waals surface area contributed by atoms with Crippen LogP contribution in [-0.2, 0) is 9.47 Å². The van der Waals surface area contributed by atoms with E-state index in [1.807, 2.05) is 6.92 Å². The molecule has 0 aromatic heterocycles. The van der Waals surface area contributed by atoms with Crippen LogP contribution in [0, 0.1) is 0 Å². The van der Waals surface area contributed by atoms with Crippen LogP contribution >= 0.6 is 0 Å². The number of hydrogen-bond acceptors (Lipinski definition) is 5. The molecule has 5 heteroatoms. The van der Waals surface area contributed by atoms with E-state index in [2.05, 4.69) is 0 Å². The van der Waals surface area contributed by atoms with Crippen LogP contribution < -0.4 is 11.5 Å². The largest absolute Gasteiger partial charge is 0.386 e. The predicted octanol–water partition coefficient (Wildman–Crippen LogP) is -1.61. The maximum Gasteiger partial charge on any atom is 0.185 e. The van der Waals surface area contributed by atoms with Crippen molar-refractivity contribution in [3.8, 4) is 0 Å². The van der Waals surface area contributed by atoms with Crippen molar-refractivity contribution >= 4 is 0 Å². The van der Waals surface area contributed by atoms with Crippen LogP contribution in [-0.4, -0.2) is 42.8 Å². The number of aliphatic hydroxyl groups excluding tert-OH is 1. The van der Waals surface area contributed by atoms with Gasteiger partial charge in [-0.1, -0.05) is 0 Å². The van der Waals surface area contributed by atoms with E-state index >= 15 is 0 Å². The molecule has 1 heterocycles. The van der Waals surface area contributed by atoms with Crippen LogP contribution in [0.15, 0.2) is 0 Å². The highest BCUT2D eigenvalue weighted by Gasteiger charge is 2.35. The lowest BCUT2D eigenvalue weighted by molar-refractivity contribution is -0.221. The fourth-order valence-corrected chi connectivity index (χ4v) is 1.16. The van der Waals surface area contributed by atoms with Crippen molar-refractivity contribution in [2.45, 2.75) is 31.4 Å². The average molecular weight is 176 g/mol. The third-order valence-electron chi connectivity index (χ3n) is 1.95. The topological polar surface area (TPSA) is 90.7 Å². The molecular weight excluding hydrogens is 160 g/mol. The van der Waals surface area contributed by atoms with Crippen molar-refractivity contribution < 1.29 is 14.6 Å². The SMILES string of the molecule is CCOC1OC[C@H](N)[C@@H](N)[C@@H]1O. The Morgan fingerprint density at radius 2 is 2.25 bits per heavy atom. The lowest BCUT2D eigenvalue weighted by Crippen LogP contribution is -2.61. The molecule has 0 saturated carbocycles. The monoisotopic (exact) mass is 176 g/mol. The van der Waals surface area contributed by atoms with Gasteiger partial charge in [0.2, 0.25) is 0 Å². The van der Waals surface area contributed by atoms with Crippen LogP contribution in [0.4, 0.5) is 0 Å². The van der Waals surface area contributed by atoms with E-state index in [-0.39, 0.29) is 6.04 Å². The Morgan fingerprint density at radius 1 is 1.58 bits per heavy atom. The lowest BCUT2D eigenvalue weighted by Gasteiger charge is -2.36. The molecule has 0 aromatic rings. The van der Waals surface area contributed by atoms with E-state index in [4.69, 9.17) is 20.9 Å². The molecule has 1 fully saturated rings.